The van der Waals surface area contributed by atoms with Gasteiger partial charge in [0.2, 0.25) is 0 Å². The van der Waals surface area contributed by atoms with Crippen LogP contribution in [-0.2, 0) is 11.3 Å². The summed E-state index contributed by atoms with van der Waals surface area (Å²) in [4.78, 5) is 22.2. The van der Waals surface area contributed by atoms with Crippen LogP contribution in [0.1, 0.15) is 23.8 Å². The first-order valence-corrected chi connectivity index (χ1v) is 12.1. The third-order valence-electron chi connectivity index (χ3n) is 6.56. The third kappa shape index (κ3) is 5.22. The van der Waals surface area contributed by atoms with Gasteiger partial charge in [-0.2, -0.15) is 0 Å². The van der Waals surface area contributed by atoms with Crippen LogP contribution in [0, 0.1) is 0 Å². The van der Waals surface area contributed by atoms with E-state index < -0.39 is 12.3 Å². The van der Waals surface area contributed by atoms with Crippen LogP contribution >= 0.6 is 11.6 Å². The number of anilines is 1. The van der Waals surface area contributed by atoms with Gasteiger partial charge in [-0.1, -0.05) is 11.6 Å². The fraction of sp³-hybridized carbons (Fsp3) is 0.400. The Morgan fingerprint density at radius 2 is 2.25 bits per heavy atom. The lowest BCUT2D eigenvalue weighted by Gasteiger charge is -2.36. The predicted octanol–water partition coefficient (Wildman–Crippen LogP) is 2.86. The van der Waals surface area contributed by atoms with Crippen LogP contribution in [0.5, 0.6) is 11.5 Å². The standard InChI is InChI=1S/C25H27ClFN5O4/c1-35-14-2-3-19-16(8-14)15(4-6-28-19)22(33)12-32-7-5-20(18(27)11-32)29-10-21-17(26)9-23-25(30-21)31-24(34)13-36-23/h2-4,6,8-9,18,20,22,29,33H,5,7,10-13H2,1H3,(H,30,31,34)/t18?,20?,22-/m0/s1. The maximum atomic E-state index is 15.1. The highest BCUT2D eigenvalue weighted by Gasteiger charge is 2.31. The summed E-state index contributed by atoms with van der Waals surface area (Å²) in [5.41, 5.74) is 2.00. The molecule has 5 rings (SSSR count). The van der Waals surface area contributed by atoms with Crippen molar-refractivity contribution in [1.29, 1.82) is 0 Å². The number of aromatic nitrogens is 2. The van der Waals surface area contributed by atoms with E-state index in [1.54, 1.807) is 25.4 Å². The molecule has 9 nitrogen and oxygen atoms in total. The summed E-state index contributed by atoms with van der Waals surface area (Å²) in [6.45, 7) is 1.29. The number of piperidine rings is 1. The van der Waals surface area contributed by atoms with Gasteiger partial charge < -0.3 is 25.2 Å². The number of likely N-dealkylation sites (tertiary alicyclic amines) is 1. The van der Waals surface area contributed by atoms with Crippen LogP contribution in [-0.4, -0.2) is 71.4 Å². The monoisotopic (exact) mass is 515 g/mol. The van der Waals surface area contributed by atoms with Gasteiger partial charge in [-0.3, -0.25) is 14.7 Å². The number of ether oxygens (including phenoxy) is 2. The Balaban J connectivity index is 1.19. The molecule has 4 heterocycles. The van der Waals surface area contributed by atoms with Crippen molar-refractivity contribution in [1.82, 2.24) is 20.2 Å². The number of methoxy groups -OCH3 is 1. The number of fused-ring (bicyclic) bond motifs is 2. The average molecular weight is 516 g/mol. The van der Waals surface area contributed by atoms with Gasteiger partial charge in [0.15, 0.2) is 18.2 Å². The second-order valence-electron chi connectivity index (χ2n) is 8.95. The molecule has 0 saturated carbocycles. The summed E-state index contributed by atoms with van der Waals surface area (Å²) in [6, 6.07) is 8.54. The van der Waals surface area contributed by atoms with Gasteiger partial charge in [0.05, 0.1) is 29.4 Å². The number of carbonyl (C=O) groups excluding carboxylic acids is 1. The van der Waals surface area contributed by atoms with Gasteiger partial charge in [0.25, 0.3) is 5.91 Å². The lowest BCUT2D eigenvalue weighted by molar-refractivity contribution is -0.118. The number of carbonyl (C=O) groups is 1. The molecule has 1 amide bonds. The first kappa shape index (κ1) is 24.6. The molecule has 0 bridgehead atoms. The van der Waals surface area contributed by atoms with Crippen LogP contribution in [0.2, 0.25) is 5.02 Å². The molecule has 3 N–H and O–H groups in total. The van der Waals surface area contributed by atoms with Crippen LogP contribution < -0.4 is 20.1 Å². The van der Waals surface area contributed by atoms with E-state index in [0.29, 0.717) is 47.5 Å². The number of alkyl halides is 1. The van der Waals surface area contributed by atoms with Gasteiger partial charge in [-0.15, -0.1) is 0 Å². The first-order valence-electron chi connectivity index (χ1n) is 11.7. The summed E-state index contributed by atoms with van der Waals surface area (Å²) in [6.07, 6.45) is 0.287. The summed E-state index contributed by atoms with van der Waals surface area (Å²) >= 11 is 6.31. The number of rotatable bonds is 7. The van der Waals surface area contributed by atoms with Crippen molar-refractivity contribution in [3.63, 3.8) is 0 Å². The second kappa shape index (κ2) is 10.5. The smallest absolute Gasteiger partial charge is 0.263 e. The van der Waals surface area contributed by atoms with Crippen molar-refractivity contribution in [2.24, 2.45) is 0 Å². The molecule has 2 aliphatic rings. The minimum Gasteiger partial charge on any atom is -0.497 e. The van der Waals surface area contributed by atoms with E-state index in [2.05, 4.69) is 20.6 Å². The molecule has 0 radical (unpaired) electrons. The Hall–Kier alpha value is -3.05. The summed E-state index contributed by atoms with van der Waals surface area (Å²) in [5.74, 6) is 1.13. The van der Waals surface area contributed by atoms with Crippen molar-refractivity contribution in [2.45, 2.75) is 31.3 Å². The van der Waals surface area contributed by atoms with Gasteiger partial charge >= 0.3 is 0 Å². The number of hydrogen-bond donors (Lipinski definition) is 3. The minimum absolute atomic E-state index is 0.0784. The number of amides is 1. The number of nitrogens with one attached hydrogen (secondary N) is 2. The van der Waals surface area contributed by atoms with E-state index in [1.807, 2.05) is 23.1 Å². The fourth-order valence-corrected chi connectivity index (χ4v) is 4.85. The fourth-order valence-electron chi connectivity index (χ4n) is 4.64. The predicted molar refractivity (Wildman–Crippen MR) is 133 cm³/mol. The highest BCUT2D eigenvalue weighted by atomic mass is 35.5. The van der Waals surface area contributed by atoms with E-state index in [1.165, 1.54) is 0 Å². The Bertz CT molecular complexity index is 1280. The molecule has 3 aromatic rings. The topological polar surface area (TPSA) is 109 Å². The normalized spacial score (nSPS) is 20.9. The van der Waals surface area contributed by atoms with E-state index in [9.17, 15) is 9.90 Å². The zero-order valence-corrected chi connectivity index (χ0v) is 20.5. The Labute approximate surface area is 212 Å². The quantitative estimate of drug-likeness (QED) is 0.441. The summed E-state index contributed by atoms with van der Waals surface area (Å²) in [7, 11) is 1.59. The second-order valence-corrected chi connectivity index (χ2v) is 9.36. The van der Waals surface area contributed by atoms with Crippen LogP contribution in [0.3, 0.4) is 0 Å². The number of nitrogens with zero attached hydrogens (tertiary/aromatic N) is 3. The number of aliphatic hydroxyl groups excluding tert-OH is 1. The molecule has 0 spiro atoms. The summed E-state index contributed by atoms with van der Waals surface area (Å²) in [5, 5.41) is 18.0. The van der Waals surface area contributed by atoms with Gasteiger partial charge in [-0.25, -0.2) is 9.37 Å². The molecule has 3 atom stereocenters. The van der Waals surface area contributed by atoms with Crippen molar-refractivity contribution < 1.29 is 23.8 Å². The maximum Gasteiger partial charge on any atom is 0.263 e. The van der Waals surface area contributed by atoms with Crippen molar-refractivity contribution >= 4 is 34.2 Å². The minimum atomic E-state index is -1.14. The number of aliphatic hydroxyl groups is 1. The molecular weight excluding hydrogens is 489 g/mol. The largest absolute Gasteiger partial charge is 0.497 e. The third-order valence-corrected chi connectivity index (χ3v) is 6.89. The zero-order chi connectivity index (χ0) is 25.2. The molecule has 2 unspecified atom stereocenters. The number of hydrogen-bond acceptors (Lipinski definition) is 8. The van der Waals surface area contributed by atoms with Crippen LogP contribution in [0.4, 0.5) is 10.2 Å². The molecule has 11 heteroatoms. The molecule has 1 saturated heterocycles. The van der Waals surface area contributed by atoms with E-state index in [0.717, 1.165) is 16.5 Å². The SMILES string of the molecule is COc1ccc2nccc([C@@H](O)CN3CCC(NCc4nc5c(cc4Cl)OCC(=O)N5)C(F)C3)c2c1. The summed E-state index contributed by atoms with van der Waals surface area (Å²) < 4.78 is 25.7. The lowest BCUT2D eigenvalue weighted by atomic mass is 10.00. The molecule has 1 aromatic carbocycles. The molecular formula is C25H27ClFN5O4. The van der Waals surface area contributed by atoms with Crippen LogP contribution in [0.15, 0.2) is 36.5 Å². The molecule has 36 heavy (non-hydrogen) atoms. The first-order chi connectivity index (χ1) is 17.4. The van der Waals surface area contributed by atoms with Crippen molar-refractivity contribution in [2.75, 3.05) is 38.7 Å². The number of β-amino-alcohol motifs (C(OH)–C–C–N with tert-alkyl or cyclic N) is 1. The van der Waals surface area contributed by atoms with Crippen molar-refractivity contribution in [3.05, 3.63) is 52.8 Å². The highest BCUT2D eigenvalue weighted by molar-refractivity contribution is 6.31. The number of halogens is 2. The highest BCUT2D eigenvalue weighted by Crippen LogP contribution is 2.31. The zero-order valence-electron chi connectivity index (χ0n) is 19.7. The molecule has 190 valence electrons. The van der Waals surface area contributed by atoms with Gasteiger partial charge in [0.1, 0.15) is 11.9 Å². The van der Waals surface area contributed by atoms with E-state index in [4.69, 9.17) is 21.1 Å². The van der Waals surface area contributed by atoms with E-state index in [-0.39, 0.29) is 31.6 Å². The Kier molecular flexibility index (Phi) is 7.20. The molecule has 1 fully saturated rings. The van der Waals surface area contributed by atoms with Gasteiger partial charge in [-0.05, 0) is 42.8 Å². The lowest BCUT2D eigenvalue weighted by Crippen LogP contribution is -2.51. The van der Waals surface area contributed by atoms with Crippen LogP contribution in [0.25, 0.3) is 10.9 Å². The Morgan fingerprint density at radius 3 is 3.06 bits per heavy atom. The number of pyridine rings is 2. The maximum absolute atomic E-state index is 15.1. The van der Waals surface area contributed by atoms with Crippen molar-refractivity contribution in [3.8, 4) is 11.5 Å². The average Bonchev–Trinajstić information content (AvgIpc) is 2.87. The molecule has 2 aliphatic heterocycles. The van der Waals surface area contributed by atoms with E-state index >= 15 is 4.39 Å². The molecule has 0 aliphatic carbocycles. The number of benzene rings is 1. The Morgan fingerprint density at radius 1 is 1.39 bits per heavy atom. The van der Waals surface area contributed by atoms with Gasteiger partial charge in [0, 0.05) is 43.3 Å². The molecule has 2 aromatic heterocycles.